The summed E-state index contributed by atoms with van der Waals surface area (Å²) >= 11 is 0. The summed E-state index contributed by atoms with van der Waals surface area (Å²) in [6, 6.07) is 10.0. The van der Waals surface area contributed by atoms with Gasteiger partial charge in [-0.2, -0.15) is 4.52 Å². The van der Waals surface area contributed by atoms with Gasteiger partial charge in [0.25, 0.3) is 5.82 Å². The second kappa shape index (κ2) is 3.40. The van der Waals surface area contributed by atoms with Crippen molar-refractivity contribution in [3.05, 3.63) is 61.4 Å². The minimum atomic E-state index is 0.886. The van der Waals surface area contributed by atoms with E-state index in [1.54, 1.807) is 6.20 Å². The predicted octanol–water partition coefficient (Wildman–Crippen LogP) is 1.26. The van der Waals surface area contributed by atoms with E-state index in [1.165, 1.54) is 0 Å². The first-order chi connectivity index (χ1) is 8.90. The van der Waals surface area contributed by atoms with Gasteiger partial charge in [-0.05, 0) is 17.2 Å². The van der Waals surface area contributed by atoms with Crippen molar-refractivity contribution in [1.82, 2.24) is 19.0 Å². The third kappa shape index (κ3) is 1.31. The first-order valence-electron chi connectivity index (χ1n) is 5.69. The Morgan fingerprint density at radius 1 is 1.11 bits per heavy atom. The summed E-state index contributed by atoms with van der Waals surface area (Å²) < 4.78 is 5.80. The lowest BCUT2D eigenvalue weighted by atomic mass is 10.4. The molecule has 0 N–H and O–H groups in total. The Bertz CT molecular complexity index is 809. The monoisotopic (exact) mass is 236 g/mol. The van der Waals surface area contributed by atoms with Crippen LogP contribution in [0.3, 0.4) is 0 Å². The largest absolute Gasteiger partial charge is 0.293 e. The molecule has 0 saturated heterocycles. The molecule has 4 aromatic heterocycles. The van der Waals surface area contributed by atoms with E-state index in [0.29, 0.717) is 0 Å². The number of hydrogen-bond donors (Lipinski definition) is 0. The third-order valence-corrected chi connectivity index (χ3v) is 2.95. The van der Waals surface area contributed by atoms with E-state index in [2.05, 4.69) is 10.1 Å². The summed E-state index contributed by atoms with van der Waals surface area (Å²) in [7, 11) is 0. The molecule has 0 aliphatic rings. The molecule has 0 aliphatic carbocycles. The lowest BCUT2D eigenvalue weighted by molar-refractivity contribution is -0.603. The van der Waals surface area contributed by atoms with Gasteiger partial charge >= 0.3 is 0 Å². The highest BCUT2D eigenvalue weighted by Crippen LogP contribution is 2.05. The topological polar surface area (TPSA) is 38.5 Å². The van der Waals surface area contributed by atoms with E-state index in [1.807, 2.05) is 68.7 Å². The Labute approximate surface area is 103 Å². The van der Waals surface area contributed by atoms with Crippen LogP contribution >= 0.6 is 0 Å². The van der Waals surface area contributed by atoms with Crippen LogP contribution in [0.25, 0.3) is 17.0 Å². The van der Waals surface area contributed by atoms with Crippen LogP contribution < -0.4 is 4.57 Å². The molecule has 0 aliphatic heterocycles. The number of nitrogens with zero attached hydrogens (tertiary/aromatic N) is 5. The highest BCUT2D eigenvalue weighted by molar-refractivity contribution is 5.48. The van der Waals surface area contributed by atoms with Crippen molar-refractivity contribution in [2.45, 2.75) is 0 Å². The lowest BCUT2D eigenvalue weighted by Crippen LogP contribution is -2.31. The summed E-state index contributed by atoms with van der Waals surface area (Å²) in [5, 5.41) is 4.52. The third-order valence-electron chi connectivity index (χ3n) is 2.95. The minimum Gasteiger partial charge on any atom is -0.222 e. The standard InChI is InChI=1S/C13H10N5/c1-2-6-18-11(3-1)9-13(15-18)16-7-4-12-14-5-8-17(12)10-16/h1-10H/q+1. The maximum absolute atomic E-state index is 4.52. The van der Waals surface area contributed by atoms with Crippen molar-refractivity contribution >= 4 is 11.2 Å². The predicted molar refractivity (Wildman–Crippen MR) is 65.5 cm³/mol. The van der Waals surface area contributed by atoms with Crippen molar-refractivity contribution in [3.63, 3.8) is 0 Å². The average Bonchev–Trinajstić information content (AvgIpc) is 3.04. The van der Waals surface area contributed by atoms with E-state index in [9.17, 15) is 0 Å². The molecule has 0 aromatic carbocycles. The molecule has 0 fully saturated rings. The zero-order valence-corrected chi connectivity index (χ0v) is 9.51. The highest BCUT2D eigenvalue weighted by atomic mass is 15.3. The number of aromatic nitrogens is 5. The molecule has 0 unspecified atom stereocenters. The molecule has 4 rings (SSSR count). The van der Waals surface area contributed by atoms with Crippen LogP contribution in [0.4, 0.5) is 0 Å². The highest BCUT2D eigenvalue weighted by Gasteiger charge is 2.10. The van der Waals surface area contributed by atoms with Crippen molar-refractivity contribution in [2.75, 3.05) is 0 Å². The van der Waals surface area contributed by atoms with E-state index >= 15 is 0 Å². The van der Waals surface area contributed by atoms with Gasteiger partial charge in [0.1, 0.15) is 0 Å². The van der Waals surface area contributed by atoms with Gasteiger partial charge in [-0.1, -0.05) is 6.07 Å². The van der Waals surface area contributed by atoms with E-state index in [0.717, 1.165) is 17.0 Å². The first kappa shape index (κ1) is 9.35. The molecule has 0 spiro atoms. The molecule has 5 nitrogen and oxygen atoms in total. The van der Waals surface area contributed by atoms with Gasteiger partial charge in [-0.25, -0.2) is 14.0 Å². The summed E-state index contributed by atoms with van der Waals surface area (Å²) in [6.07, 6.45) is 9.56. The van der Waals surface area contributed by atoms with Gasteiger partial charge in [0.2, 0.25) is 6.33 Å². The molecule has 0 amide bonds. The fourth-order valence-electron chi connectivity index (χ4n) is 2.06. The van der Waals surface area contributed by atoms with Crippen LogP contribution in [-0.4, -0.2) is 19.0 Å². The minimum absolute atomic E-state index is 0.886. The molecule has 4 heterocycles. The Hall–Kier alpha value is -2.69. The molecule has 0 radical (unpaired) electrons. The number of fused-ring (bicyclic) bond motifs is 2. The molecule has 0 bridgehead atoms. The van der Waals surface area contributed by atoms with Gasteiger partial charge in [0.15, 0.2) is 5.65 Å². The molecular formula is C13H10N5+. The maximum Gasteiger partial charge on any atom is 0.293 e. The van der Waals surface area contributed by atoms with Gasteiger partial charge in [0.05, 0.1) is 24.1 Å². The molecule has 18 heavy (non-hydrogen) atoms. The lowest BCUT2D eigenvalue weighted by Gasteiger charge is -1.94. The van der Waals surface area contributed by atoms with Crippen molar-refractivity contribution in [1.29, 1.82) is 0 Å². The Kier molecular flexibility index (Phi) is 1.77. The molecule has 86 valence electrons. The molecular weight excluding hydrogens is 226 g/mol. The number of pyridine rings is 1. The Morgan fingerprint density at radius 2 is 2.11 bits per heavy atom. The quantitative estimate of drug-likeness (QED) is 0.467. The summed E-state index contributed by atoms with van der Waals surface area (Å²) in [5.74, 6) is 0.886. The van der Waals surface area contributed by atoms with Crippen LogP contribution in [0.2, 0.25) is 0 Å². The second-order valence-corrected chi connectivity index (χ2v) is 4.10. The maximum atomic E-state index is 4.52. The van der Waals surface area contributed by atoms with Crippen molar-refractivity contribution in [2.24, 2.45) is 0 Å². The van der Waals surface area contributed by atoms with E-state index < -0.39 is 0 Å². The van der Waals surface area contributed by atoms with Gasteiger partial charge in [-0.3, -0.25) is 0 Å². The van der Waals surface area contributed by atoms with E-state index in [-0.39, 0.29) is 0 Å². The number of imidazole rings is 1. The van der Waals surface area contributed by atoms with E-state index in [4.69, 9.17) is 0 Å². The van der Waals surface area contributed by atoms with Crippen LogP contribution in [0.5, 0.6) is 0 Å². The normalized spacial score (nSPS) is 11.3. The van der Waals surface area contributed by atoms with Gasteiger partial charge < -0.3 is 0 Å². The SMILES string of the molecule is c1ccn2nc(-[n+]3ccc4nccn4c3)cc2c1. The van der Waals surface area contributed by atoms with Crippen LogP contribution in [0, 0.1) is 0 Å². The van der Waals surface area contributed by atoms with Gasteiger partial charge in [-0.15, -0.1) is 0 Å². The smallest absolute Gasteiger partial charge is 0.222 e. The Balaban J connectivity index is 1.94. The van der Waals surface area contributed by atoms with Crippen LogP contribution in [0.1, 0.15) is 0 Å². The van der Waals surface area contributed by atoms with Gasteiger partial charge in [0, 0.05) is 18.3 Å². The van der Waals surface area contributed by atoms with Crippen LogP contribution in [-0.2, 0) is 0 Å². The fourth-order valence-corrected chi connectivity index (χ4v) is 2.06. The van der Waals surface area contributed by atoms with Crippen LogP contribution in [0.15, 0.2) is 61.4 Å². The average molecular weight is 236 g/mol. The summed E-state index contributed by atoms with van der Waals surface area (Å²) in [5.41, 5.74) is 2.00. The zero-order valence-electron chi connectivity index (χ0n) is 9.51. The summed E-state index contributed by atoms with van der Waals surface area (Å²) in [4.78, 5) is 4.22. The molecule has 4 aromatic rings. The molecule has 0 saturated carbocycles. The fraction of sp³-hybridized carbons (Fsp3) is 0. The first-order valence-corrected chi connectivity index (χ1v) is 5.69. The molecule has 5 heteroatoms. The molecule has 0 atom stereocenters. The number of rotatable bonds is 1. The second-order valence-electron chi connectivity index (χ2n) is 4.10. The zero-order chi connectivity index (χ0) is 11.9. The van der Waals surface area contributed by atoms with Crippen molar-refractivity contribution < 1.29 is 4.57 Å². The Morgan fingerprint density at radius 3 is 3.06 bits per heavy atom. The van der Waals surface area contributed by atoms with Crippen molar-refractivity contribution in [3.8, 4) is 5.82 Å². The summed E-state index contributed by atoms with van der Waals surface area (Å²) in [6.45, 7) is 0. The number of hydrogen-bond acceptors (Lipinski definition) is 2.